The van der Waals surface area contributed by atoms with E-state index in [9.17, 15) is 14.7 Å². The van der Waals surface area contributed by atoms with Gasteiger partial charge in [0.25, 0.3) is 5.56 Å². The molecular formula is C27H24ClN5O3. The molecule has 0 amide bonds. The Kier molecular flexibility index (Phi) is 5.97. The minimum atomic E-state index is -1.16. The van der Waals surface area contributed by atoms with Crippen LogP contribution in [-0.4, -0.2) is 37.0 Å². The van der Waals surface area contributed by atoms with Crippen molar-refractivity contribution in [2.45, 2.75) is 20.3 Å². The van der Waals surface area contributed by atoms with Crippen molar-refractivity contribution in [2.75, 3.05) is 11.9 Å². The molecule has 0 fully saturated rings. The molecular weight excluding hydrogens is 478 g/mol. The number of para-hydroxylation sites is 1. The maximum atomic E-state index is 13.3. The van der Waals surface area contributed by atoms with Crippen molar-refractivity contribution in [1.82, 2.24) is 19.3 Å². The number of aromatic carboxylic acids is 1. The fourth-order valence-electron chi connectivity index (χ4n) is 4.63. The van der Waals surface area contributed by atoms with Crippen molar-refractivity contribution < 1.29 is 9.90 Å². The van der Waals surface area contributed by atoms with Crippen molar-refractivity contribution in [1.29, 1.82) is 0 Å². The summed E-state index contributed by atoms with van der Waals surface area (Å²) in [5.41, 5.74) is 4.71. The van der Waals surface area contributed by atoms with E-state index in [1.807, 2.05) is 55.1 Å². The molecule has 0 unspecified atom stereocenters. The van der Waals surface area contributed by atoms with Gasteiger partial charge in [0.15, 0.2) is 11.3 Å². The van der Waals surface area contributed by atoms with Crippen LogP contribution < -0.4 is 10.9 Å². The molecule has 8 nitrogen and oxygen atoms in total. The smallest absolute Gasteiger partial charge is 0.356 e. The van der Waals surface area contributed by atoms with Gasteiger partial charge in [0.2, 0.25) is 0 Å². The lowest BCUT2D eigenvalue weighted by Gasteiger charge is -2.13. The van der Waals surface area contributed by atoms with E-state index in [0.29, 0.717) is 29.7 Å². The Labute approximate surface area is 211 Å². The van der Waals surface area contributed by atoms with Gasteiger partial charge < -0.3 is 10.4 Å². The largest absolute Gasteiger partial charge is 0.476 e. The number of nitrogens with zero attached hydrogens (tertiary/aromatic N) is 4. The van der Waals surface area contributed by atoms with E-state index in [2.05, 4.69) is 16.4 Å². The van der Waals surface area contributed by atoms with Crippen molar-refractivity contribution in [3.8, 4) is 5.69 Å². The number of rotatable bonds is 6. The van der Waals surface area contributed by atoms with Crippen LogP contribution in [0, 0.1) is 13.8 Å². The summed E-state index contributed by atoms with van der Waals surface area (Å²) in [6.45, 7) is 4.42. The summed E-state index contributed by atoms with van der Waals surface area (Å²) < 4.78 is 3.41. The fourth-order valence-corrected chi connectivity index (χ4v) is 4.78. The highest BCUT2D eigenvalue weighted by atomic mass is 35.5. The predicted octanol–water partition coefficient (Wildman–Crippen LogP) is 4.90. The minimum Gasteiger partial charge on any atom is -0.476 e. The van der Waals surface area contributed by atoms with Gasteiger partial charge in [0, 0.05) is 35.9 Å². The van der Waals surface area contributed by atoms with Crippen LogP contribution in [0.2, 0.25) is 5.15 Å². The van der Waals surface area contributed by atoms with Gasteiger partial charge in [-0.25, -0.2) is 14.5 Å². The number of fused-ring (bicyclic) bond motifs is 3. The number of carboxylic acid groups (broad SMARTS) is 1. The highest BCUT2D eigenvalue weighted by Crippen LogP contribution is 2.29. The quantitative estimate of drug-likeness (QED) is 0.321. The van der Waals surface area contributed by atoms with Gasteiger partial charge in [0.05, 0.1) is 11.4 Å². The van der Waals surface area contributed by atoms with Crippen LogP contribution in [0.1, 0.15) is 27.2 Å². The van der Waals surface area contributed by atoms with Gasteiger partial charge in [-0.3, -0.25) is 9.36 Å². The summed E-state index contributed by atoms with van der Waals surface area (Å²) in [5, 5.41) is 19.9. The van der Waals surface area contributed by atoms with Crippen LogP contribution in [0.4, 0.5) is 5.69 Å². The van der Waals surface area contributed by atoms with Gasteiger partial charge in [-0.2, -0.15) is 0 Å². The molecule has 9 heteroatoms. The van der Waals surface area contributed by atoms with Crippen LogP contribution in [-0.2, 0) is 13.5 Å². The Morgan fingerprint density at radius 3 is 2.64 bits per heavy atom. The zero-order valence-corrected chi connectivity index (χ0v) is 20.8. The molecule has 0 spiro atoms. The van der Waals surface area contributed by atoms with Crippen molar-refractivity contribution >= 4 is 45.1 Å². The zero-order chi connectivity index (χ0) is 25.6. The first-order chi connectivity index (χ1) is 17.2. The number of carboxylic acids is 1. The van der Waals surface area contributed by atoms with Gasteiger partial charge in [-0.05, 0) is 55.7 Å². The van der Waals surface area contributed by atoms with Crippen LogP contribution >= 0.6 is 11.6 Å². The van der Waals surface area contributed by atoms with Crippen molar-refractivity contribution in [3.05, 3.63) is 92.6 Å². The Bertz CT molecular complexity index is 1720. The molecule has 5 aromatic rings. The maximum Gasteiger partial charge on any atom is 0.356 e. The monoisotopic (exact) mass is 501 g/mol. The highest BCUT2D eigenvalue weighted by Gasteiger charge is 2.18. The molecule has 2 aromatic carbocycles. The second kappa shape index (κ2) is 9.13. The van der Waals surface area contributed by atoms with E-state index in [1.165, 1.54) is 0 Å². The first-order valence-electron chi connectivity index (χ1n) is 11.5. The molecule has 0 aliphatic heterocycles. The van der Waals surface area contributed by atoms with E-state index in [0.717, 1.165) is 33.2 Å². The first-order valence-corrected chi connectivity index (χ1v) is 11.8. The molecule has 0 saturated carbocycles. The molecule has 0 bridgehead atoms. The lowest BCUT2D eigenvalue weighted by Crippen LogP contribution is -2.18. The van der Waals surface area contributed by atoms with E-state index in [-0.39, 0.29) is 16.4 Å². The highest BCUT2D eigenvalue weighted by molar-refractivity contribution is 6.29. The average molecular weight is 502 g/mol. The zero-order valence-electron chi connectivity index (χ0n) is 20.0. The average Bonchev–Trinajstić information content (AvgIpc) is 3.28. The van der Waals surface area contributed by atoms with Gasteiger partial charge in [-0.15, -0.1) is 5.10 Å². The molecule has 0 radical (unpaired) electrons. The number of aryl methyl sites for hydroxylation is 3. The number of anilines is 1. The molecule has 36 heavy (non-hydrogen) atoms. The fraction of sp³-hybridized carbons (Fsp3) is 0.185. The minimum absolute atomic E-state index is 0.111. The Balaban J connectivity index is 1.61. The van der Waals surface area contributed by atoms with E-state index >= 15 is 0 Å². The predicted molar refractivity (Wildman–Crippen MR) is 142 cm³/mol. The number of aromatic nitrogens is 4. The number of nitrogens with one attached hydrogen (secondary N) is 1. The molecule has 0 atom stereocenters. The summed E-state index contributed by atoms with van der Waals surface area (Å²) in [4.78, 5) is 28.8. The standard InChI is InChI=1S/C27H24ClN5O3/c1-15-12-17(10-11-29-20-8-9-22(28)30-24(20)27(35)36)23-18(13-15)26(34)32(3)25-19(23)14-33(31-25)21-7-5-4-6-16(21)2/h4-9,12-14,29H,10-11H2,1-3H3,(H,35,36). The summed E-state index contributed by atoms with van der Waals surface area (Å²) >= 11 is 5.87. The van der Waals surface area contributed by atoms with Crippen molar-refractivity contribution in [2.24, 2.45) is 7.05 Å². The van der Waals surface area contributed by atoms with Crippen LogP contribution in [0.3, 0.4) is 0 Å². The topological polar surface area (TPSA) is 102 Å². The Morgan fingerprint density at radius 1 is 1.11 bits per heavy atom. The third-order valence-corrected chi connectivity index (χ3v) is 6.53. The number of carbonyl (C=O) groups is 1. The summed E-state index contributed by atoms with van der Waals surface area (Å²) in [7, 11) is 1.74. The van der Waals surface area contributed by atoms with Gasteiger partial charge in [0.1, 0.15) is 5.15 Å². The molecule has 182 valence electrons. The van der Waals surface area contributed by atoms with Crippen LogP contribution in [0.15, 0.2) is 59.5 Å². The number of pyridine rings is 2. The molecule has 0 saturated heterocycles. The number of benzene rings is 2. The van der Waals surface area contributed by atoms with Gasteiger partial charge >= 0.3 is 5.97 Å². The number of hydrogen-bond donors (Lipinski definition) is 2. The second-order valence-electron chi connectivity index (χ2n) is 8.82. The summed E-state index contributed by atoms with van der Waals surface area (Å²) in [5.74, 6) is -1.16. The summed E-state index contributed by atoms with van der Waals surface area (Å²) in [6.07, 6.45) is 2.52. The molecule has 0 aliphatic carbocycles. The molecule has 3 heterocycles. The number of halogens is 1. The second-order valence-corrected chi connectivity index (χ2v) is 9.21. The van der Waals surface area contributed by atoms with E-state index < -0.39 is 5.97 Å². The summed E-state index contributed by atoms with van der Waals surface area (Å²) in [6, 6.07) is 15.1. The third kappa shape index (κ3) is 4.09. The van der Waals surface area contributed by atoms with Crippen LogP contribution in [0.25, 0.3) is 27.5 Å². The molecule has 3 aromatic heterocycles. The Hall–Kier alpha value is -4.17. The molecule has 0 aliphatic rings. The Morgan fingerprint density at radius 2 is 1.89 bits per heavy atom. The van der Waals surface area contributed by atoms with Crippen molar-refractivity contribution in [3.63, 3.8) is 0 Å². The molecule has 5 rings (SSSR count). The van der Waals surface area contributed by atoms with E-state index in [1.54, 1.807) is 23.7 Å². The van der Waals surface area contributed by atoms with E-state index in [4.69, 9.17) is 16.7 Å². The maximum absolute atomic E-state index is 13.3. The lowest BCUT2D eigenvalue weighted by molar-refractivity contribution is 0.0691. The van der Waals surface area contributed by atoms with Gasteiger partial charge in [-0.1, -0.05) is 41.4 Å². The number of hydrogen-bond acceptors (Lipinski definition) is 5. The van der Waals surface area contributed by atoms with Crippen LogP contribution in [0.5, 0.6) is 0 Å². The molecule has 2 N–H and O–H groups in total. The third-order valence-electron chi connectivity index (χ3n) is 6.32. The normalized spacial score (nSPS) is 11.3. The first kappa shape index (κ1) is 23.6. The lowest BCUT2D eigenvalue weighted by atomic mass is 9.98. The SMILES string of the molecule is Cc1cc(CCNc2ccc(Cl)nc2C(=O)O)c2c(c1)c(=O)n(C)c1nn(-c3ccccc3C)cc21.